The third-order valence-corrected chi connectivity index (χ3v) is 6.11. The average Bonchev–Trinajstić information content (AvgIpc) is 2.77. The Labute approximate surface area is 194 Å². The number of hydrogen-bond donors (Lipinski definition) is 0. The van der Waals surface area contributed by atoms with E-state index < -0.39 is 23.3 Å². The third kappa shape index (κ3) is 6.93. The van der Waals surface area contributed by atoms with Gasteiger partial charge in [-0.25, -0.2) is 17.6 Å². The summed E-state index contributed by atoms with van der Waals surface area (Å²) in [4.78, 5) is 0. The van der Waals surface area contributed by atoms with E-state index in [9.17, 15) is 17.6 Å². The van der Waals surface area contributed by atoms with E-state index in [1.807, 2.05) is 38.1 Å². The molecule has 176 valence electrons. The van der Waals surface area contributed by atoms with Crippen molar-refractivity contribution >= 4 is 0 Å². The maximum absolute atomic E-state index is 14.3. The highest BCUT2D eigenvalue weighted by Crippen LogP contribution is 2.21. The Kier molecular flexibility index (Phi) is 9.11. The molecular weight excluding hydrogens is 424 g/mol. The van der Waals surface area contributed by atoms with Crippen molar-refractivity contribution in [3.63, 3.8) is 0 Å². The highest BCUT2D eigenvalue weighted by atomic mass is 19.1. The molecule has 0 unspecified atom stereocenters. The van der Waals surface area contributed by atoms with Gasteiger partial charge in [-0.15, -0.1) is 0 Å². The van der Waals surface area contributed by atoms with Crippen LogP contribution in [0.5, 0.6) is 0 Å². The van der Waals surface area contributed by atoms with Crippen molar-refractivity contribution in [2.75, 3.05) is 0 Å². The normalized spacial score (nSPS) is 11.2. The van der Waals surface area contributed by atoms with E-state index >= 15 is 0 Å². The molecule has 0 atom stereocenters. The Bertz CT molecular complexity index is 1010. The first-order chi connectivity index (χ1) is 15.9. The topological polar surface area (TPSA) is 0 Å². The summed E-state index contributed by atoms with van der Waals surface area (Å²) in [6, 6.07) is 13.6. The highest BCUT2D eigenvalue weighted by Gasteiger charge is 2.12. The Morgan fingerprint density at radius 1 is 0.455 bits per heavy atom. The van der Waals surface area contributed by atoms with Gasteiger partial charge in [0.2, 0.25) is 0 Å². The molecule has 4 heteroatoms. The van der Waals surface area contributed by atoms with Crippen molar-refractivity contribution in [3.05, 3.63) is 105 Å². The molecule has 33 heavy (non-hydrogen) atoms. The lowest BCUT2D eigenvalue weighted by Gasteiger charge is -2.10. The molecule has 0 saturated carbocycles. The molecule has 0 amide bonds. The maximum Gasteiger partial charge on any atom is 0.129 e. The minimum Gasteiger partial charge on any atom is -0.207 e. The summed E-state index contributed by atoms with van der Waals surface area (Å²) < 4.78 is 57.1. The lowest BCUT2D eigenvalue weighted by molar-refractivity contribution is 0.545. The minimum absolute atomic E-state index is 0.130. The smallest absolute Gasteiger partial charge is 0.129 e. The molecule has 0 spiro atoms. The van der Waals surface area contributed by atoms with E-state index in [4.69, 9.17) is 0 Å². The minimum atomic E-state index is -0.477. The third-order valence-electron chi connectivity index (χ3n) is 6.11. The average molecular weight is 457 g/mol. The fourth-order valence-corrected chi connectivity index (χ4v) is 4.15. The van der Waals surface area contributed by atoms with Gasteiger partial charge in [-0.2, -0.15) is 0 Å². The van der Waals surface area contributed by atoms with Crippen LogP contribution in [0.3, 0.4) is 0 Å². The Morgan fingerprint density at radius 2 is 0.848 bits per heavy atom. The second kappa shape index (κ2) is 12.0. The standard InChI is InChI=1S/C29H32F4/c1-3-5-7-24-26(30)18-23(19-27(24)31)13-12-20-8-10-21(11-9-20)14-15-25-28(32)16-22(6-4-2)17-29(25)33/h8-11,16-19H,3-7,12-15H2,1-2H3. The van der Waals surface area contributed by atoms with E-state index in [0.29, 0.717) is 49.7 Å². The van der Waals surface area contributed by atoms with Crippen molar-refractivity contribution in [3.8, 4) is 0 Å². The lowest BCUT2D eigenvalue weighted by Crippen LogP contribution is -2.02. The van der Waals surface area contributed by atoms with Crippen LogP contribution in [0.25, 0.3) is 0 Å². The van der Waals surface area contributed by atoms with Crippen molar-refractivity contribution < 1.29 is 17.6 Å². The van der Waals surface area contributed by atoms with Gasteiger partial charge in [-0.1, -0.05) is 51.0 Å². The van der Waals surface area contributed by atoms with Crippen LogP contribution in [-0.2, 0) is 38.5 Å². The number of hydrogen-bond acceptors (Lipinski definition) is 0. The van der Waals surface area contributed by atoms with Gasteiger partial charge in [0.15, 0.2) is 0 Å². The van der Waals surface area contributed by atoms with E-state index in [1.54, 1.807) is 0 Å². The van der Waals surface area contributed by atoms with Gasteiger partial charge >= 0.3 is 0 Å². The number of rotatable bonds is 11. The first-order valence-electron chi connectivity index (χ1n) is 11.9. The Balaban J connectivity index is 1.57. The van der Waals surface area contributed by atoms with E-state index in [2.05, 4.69) is 0 Å². The summed E-state index contributed by atoms with van der Waals surface area (Å²) >= 11 is 0. The molecule has 0 saturated heterocycles. The number of unbranched alkanes of at least 4 members (excludes halogenated alkanes) is 1. The maximum atomic E-state index is 14.3. The fourth-order valence-electron chi connectivity index (χ4n) is 4.15. The molecule has 0 aliphatic carbocycles. The van der Waals surface area contributed by atoms with Crippen LogP contribution in [0.4, 0.5) is 17.6 Å². The molecule has 0 nitrogen and oxygen atoms in total. The first-order valence-corrected chi connectivity index (χ1v) is 11.9. The van der Waals surface area contributed by atoms with Gasteiger partial charge in [-0.3, -0.25) is 0 Å². The SMILES string of the molecule is CCCCc1c(F)cc(CCc2ccc(CCc3c(F)cc(CCC)cc3F)cc2)cc1F. The molecule has 0 aliphatic heterocycles. The van der Waals surface area contributed by atoms with Gasteiger partial charge in [-0.05, 0) is 91.5 Å². The highest BCUT2D eigenvalue weighted by molar-refractivity contribution is 5.30. The second-order valence-corrected chi connectivity index (χ2v) is 8.75. The summed E-state index contributed by atoms with van der Waals surface area (Å²) in [6.07, 6.45) is 5.64. The molecule has 0 bridgehead atoms. The van der Waals surface area contributed by atoms with Gasteiger partial charge in [0.25, 0.3) is 0 Å². The zero-order valence-electron chi connectivity index (χ0n) is 19.5. The summed E-state index contributed by atoms with van der Waals surface area (Å²) in [7, 11) is 0. The molecule has 0 fully saturated rings. The fraction of sp³-hybridized carbons (Fsp3) is 0.379. The molecule has 3 aromatic carbocycles. The van der Waals surface area contributed by atoms with Crippen LogP contribution in [0.1, 0.15) is 66.5 Å². The van der Waals surface area contributed by atoms with Gasteiger partial charge in [0, 0.05) is 11.1 Å². The number of benzene rings is 3. The van der Waals surface area contributed by atoms with Crippen LogP contribution in [-0.4, -0.2) is 0 Å². The van der Waals surface area contributed by atoms with Crippen LogP contribution in [0, 0.1) is 23.3 Å². The van der Waals surface area contributed by atoms with Crippen molar-refractivity contribution in [2.45, 2.75) is 71.6 Å². The largest absolute Gasteiger partial charge is 0.207 e. The zero-order valence-corrected chi connectivity index (χ0v) is 19.5. The molecule has 0 radical (unpaired) electrons. The van der Waals surface area contributed by atoms with E-state index in [1.165, 1.54) is 24.3 Å². The molecule has 3 rings (SSSR count). The van der Waals surface area contributed by atoms with Crippen molar-refractivity contribution in [1.82, 2.24) is 0 Å². The van der Waals surface area contributed by atoms with Crippen LogP contribution < -0.4 is 0 Å². The van der Waals surface area contributed by atoms with Crippen LogP contribution in [0.2, 0.25) is 0 Å². The molecule has 3 aromatic rings. The summed E-state index contributed by atoms with van der Waals surface area (Å²) in [5, 5.41) is 0. The Hall–Kier alpha value is -2.62. The van der Waals surface area contributed by atoms with Crippen LogP contribution >= 0.6 is 0 Å². The molecule has 0 heterocycles. The van der Waals surface area contributed by atoms with Gasteiger partial charge in [0.05, 0.1) is 0 Å². The van der Waals surface area contributed by atoms with E-state index in [-0.39, 0.29) is 11.1 Å². The lowest BCUT2D eigenvalue weighted by atomic mass is 9.98. The predicted molar refractivity (Wildman–Crippen MR) is 127 cm³/mol. The molecule has 0 N–H and O–H groups in total. The zero-order chi connectivity index (χ0) is 23.8. The van der Waals surface area contributed by atoms with Gasteiger partial charge < -0.3 is 0 Å². The Morgan fingerprint density at radius 3 is 1.30 bits per heavy atom. The number of halogens is 4. The summed E-state index contributed by atoms with van der Waals surface area (Å²) in [6.45, 7) is 3.98. The molecule has 0 aromatic heterocycles. The van der Waals surface area contributed by atoms with Gasteiger partial charge in [0.1, 0.15) is 23.3 Å². The van der Waals surface area contributed by atoms with E-state index in [0.717, 1.165) is 30.4 Å². The quantitative estimate of drug-likeness (QED) is 0.256. The van der Waals surface area contributed by atoms with Crippen molar-refractivity contribution in [1.29, 1.82) is 0 Å². The van der Waals surface area contributed by atoms with Crippen LogP contribution in [0.15, 0.2) is 48.5 Å². The molecular formula is C29H32F4. The summed E-state index contributed by atoms with van der Waals surface area (Å²) in [5.74, 6) is -1.88. The predicted octanol–water partition coefficient (Wildman–Crippen LogP) is 8.11. The first kappa shape index (κ1) is 25.0. The molecule has 0 aliphatic rings. The van der Waals surface area contributed by atoms with Crippen molar-refractivity contribution in [2.24, 2.45) is 0 Å². The second-order valence-electron chi connectivity index (χ2n) is 8.75. The number of aryl methyl sites for hydroxylation is 4. The summed E-state index contributed by atoms with van der Waals surface area (Å²) in [5.41, 5.74) is 3.69. The monoisotopic (exact) mass is 456 g/mol.